The molecular weight excluding hydrogens is 352 g/mol. The van der Waals surface area contributed by atoms with Gasteiger partial charge in [0.2, 0.25) is 0 Å². The Morgan fingerprint density at radius 3 is 2.46 bits per heavy atom. The Hall–Kier alpha value is -1.57. The van der Waals surface area contributed by atoms with Gasteiger partial charge in [0.15, 0.2) is 5.96 Å². The van der Waals surface area contributed by atoms with Crippen LogP contribution in [0.2, 0.25) is 0 Å². The lowest BCUT2D eigenvalue weighted by Crippen LogP contribution is -2.49. The molecule has 1 atom stereocenters. The normalized spacial score (nSPS) is 21.6. The first-order valence-corrected chi connectivity index (χ1v) is 11.0. The summed E-state index contributed by atoms with van der Waals surface area (Å²) >= 11 is 0. The lowest BCUT2D eigenvalue weighted by atomic mass is 10.1. The minimum atomic E-state index is 0.260. The highest BCUT2D eigenvalue weighted by Gasteiger charge is 2.24. The van der Waals surface area contributed by atoms with Crippen LogP contribution in [0.1, 0.15) is 38.0 Å². The van der Waals surface area contributed by atoms with Crippen molar-refractivity contribution in [2.45, 2.75) is 32.2 Å². The van der Waals surface area contributed by atoms with E-state index in [9.17, 15) is 0 Å². The second-order valence-electron chi connectivity index (χ2n) is 7.78. The SMILES string of the molecule is CCN1CCN(CCNC(=NC)NCC(c2ccco2)N2CCCCC2)CC1. The van der Waals surface area contributed by atoms with Gasteiger partial charge in [-0.15, -0.1) is 0 Å². The van der Waals surface area contributed by atoms with E-state index in [-0.39, 0.29) is 6.04 Å². The van der Waals surface area contributed by atoms with Crippen LogP contribution in [0.5, 0.6) is 0 Å². The Balaban J connectivity index is 1.43. The molecule has 28 heavy (non-hydrogen) atoms. The van der Waals surface area contributed by atoms with Crippen LogP contribution in [-0.4, -0.2) is 93.2 Å². The second kappa shape index (κ2) is 11.4. The lowest BCUT2D eigenvalue weighted by Gasteiger charge is -2.34. The zero-order valence-corrected chi connectivity index (χ0v) is 17.7. The van der Waals surface area contributed by atoms with E-state index in [2.05, 4.69) is 43.3 Å². The summed E-state index contributed by atoms with van der Waals surface area (Å²) in [5.41, 5.74) is 0. The Labute approximate surface area is 170 Å². The Morgan fingerprint density at radius 2 is 1.82 bits per heavy atom. The van der Waals surface area contributed by atoms with Gasteiger partial charge in [-0.25, -0.2) is 0 Å². The number of nitrogens with zero attached hydrogens (tertiary/aromatic N) is 4. The lowest BCUT2D eigenvalue weighted by molar-refractivity contribution is 0.139. The predicted molar refractivity (Wildman–Crippen MR) is 115 cm³/mol. The van der Waals surface area contributed by atoms with Crippen molar-refractivity contribution in [3.8, 4) is 0 Å². The molecule has 7 nitrogen and oxygen atoms in total. The molecule has 2 N–H and O–H groups in total. The van der Waals surface area contributed by atoms with Crippen LogP contribution in [0.3, 0.4) is 0 Å². The van der Waals surface area contributed by atoms with Gasteiger partial charge in [-0.2, -0.15) is 0 Å². The fourth-order valence-corrected chi connectivity index (χ4v) is 4.20. The number of piperazine rings is 1. The van der Waals surface area contributed by atoms with Crippen molar-refractivity contribution in [1.82, 2.24) is 25.3 Å². The van der Waals surface area contributed by atoms with Crippen molar-refractivity contribution in [2.24, 2.45) is 4.99 Å². The average molecular weight is 391 g/mol. The molecule has 0 amide bonds. The molecule has 2 saturated heterocycles. The molecule has 2 aliphatic heterocycles. The number of nitrogens with one attached hydrogen (secondary N) is 2. The van der Waals surface area contributed by atoms with Gasteiger partial charge in [-0.05, 0) is 44.6 Å². The van der Waals surface area contributed by atoms with Crippen molar-refractivity contribution in [3.05, 3.63) is 24.2 Å². The van der Waals surface area contributed by atoms with Crippen LogP contribution in [0.25, 0.3) is 0 Å². The molecule has 3 heterocycles. The van der Waals surface area contributed by atoms with E-state index in [1.54, 1.807) is 6.26 Å². The van der Waals surface area contributed by atoms with E-state index >= 15 is 0 Å². The van der Waals surface area contributed by atoms with E-state index in [1.807, 2.05) is 13.1 Å². The maximum atomic E-state index is 5.74. The van der Waals surface area contributed by atoms with Crippen molar-refractivity contribution in [2.75, 3.05) is 72.5 Å². The van der Waals surface area contributed by atoms with E-state index in [1.165, 1.54) is 32.4 Å². The third kappa shape index (κ3) is 6.22. The number of aliphatic imine (C=N–C) groups is 1. The largest absolute Gasteiger partial charge is 0.468 e. The fourth-order valence-electron chi connectivity index (χ4n) is 4.20. The number of furan rings is 1. The van der Waals surface area contributed by atoms with Gasteiger partial charge in [-0.1, -0.05) is 13.3 Å². The average Bonchev–Trinajstić information content (AvgIpc) is 3.28. The molecule has 3 rings (SSSR count). The summed E-state index contributed by atoms with van der Waals surface area (Å²) in [7, 11) is 1.85. The smallest absolute Gasteiger partial charge is 0.191 e. The molecule has 0 aromatic carbocycles. The first kappa shape index (κ1) is 21.1. The number of guanidine groups is 1. The maximum absolute atomic E-state index is 5.74. The van der Waals surface area contributed by atoms with Gasteiger partial charge < -0.3 is 20.0 Å². The summed E-state index contributed by atoms with van der Waals surface area (Å²) in [6, 6.07) is 4.33. The van der Waals surface area contributed by atoms with Crippen molar-refractivity contribution in [3.63, 3.8) is 0 Å². The Kier molecular flexibility index (Phi) is 8.64. The van der Waals surface area contributed by atoms with E-state index in [0.717, 1.165) is 64.1 Å². The molecule has 2 aliphatic rings. The highest BCUT2D eigenvalue weighted by Crippen LogP contribution is 2.24. The maximum Gasteiger partial charge on any atom is 0.191 e. The van der Waals surface area contributed by atoms with Crippen LogP contribution in [0.4, 0.5) is 0 Å². The van der Waals surface area contributed by atoms with Crippen LogP contribution in [-0.2, 0) is 0 Å². The summed E-state index contributed by atoms with van der Waals surface area (Å²) < 4.78 is 5.74. The number of hydrogen-bond donors (Lipinski definition) is 2. The van der Waals surface area contributed by atoms with Crippen LogP contribution < -0.4 is 10.6 Å². The molecule has 0 bridgehead atoms. The highest BCUT2D eigenvalue weighted by atomic mass is 16.3. The third-order valence-corrected chi connectivity index (χ3v) is 6.02. The minimum Gasteiger partial charge on any atom is -0.468 e. The first-order chi connectivity index (χ1) is 13.8. The number of rotatable bonds is 8. The fraction of sp³-hybridized carbons (Fsp3) is 0.762. The van der Waals surface area contributed by atoms with Gasteiger partial charge in [-0.3, -0.25) is 14.8 Å². The summed E-state index contributed by atoms with van der Waals surface area (Å²) in [5, 5.41) is 7.00. The number of likely N-dealkylation sites (N-methyl/N-ethyl adjacent to an activating group) is 1. The second-order valence-corrected chi connectivity index (χ2v) is 7.78. The molecular formula is C21H38N6O. The Bertz CT molecular complexity index is 561. The van der Waals surface area contributed by atoms with Crippen molar-refractivity contribution >= 4 is 5.96 Å². The summed E-state index contributed by atoms with van der Waals surface area (Å²) in [6.07, 6.45) is 5.66. The van der Waals surface area contributed by atoms with Gasteiger partial charge in [0.1, 0.15) is 5.76 Å². The van der Waals surface area contributed by atoms with Gasteiger partial charge in [0.25, 0.3) is 0 Å². The molecule has 158 valence electrons. The number of likely N-dealkylation sites (tertiary alicyclic amines) is 1. The minimum absolute atomic E-state index is 0.260. The standard InChI is InChI=1S/C21H38N6O/c1-3-25-13-15-26(16-14-25)12-9-23-21(22-2)24-18-19(20-8-7-17-28-20)27-10-5-4-6-11-27/h7-8,17,19H,3-6,9-16,18H2,1-2H3,(H2,22,23,24). The summed E-state index contributed by atoms with van der Waals surface area (Å²) in [4.78, 5) is 12.0. The molecule has 7 heteroatoms. The Morgan fingerprint density at radius 1 is 1.07 bits per heavy atom. The first-order valence-electron chi connectivity index (χ1n) is 11.0. The van der Waals surface area contributed by atoms with Crippen LogP contribution in [0, 0.1) is 0 Å². The predicted octanol–water partition coefficient (Wildman–Crippen LogP) is 1.61. The van der Waals surface area contributed by atoms with Crippen LogP contribution >= 0.6 is 0 Å². The quantitative estimate of drug-likeness (QED) is 0.520. The van der Waals surface area contributed by atoms with Gasteiger partial charge in [0, 0.05) is 52.9 Å². The monoisotopic (exact) mass is 390 g/mol. The molecule has 1 unspecified atom stereocenters. The zero-order valence-electron chi connectivity index (χ0n) is 17.7. The van der Waals surface area contributed by atoms with Gasteiger partial charge >= 0.3 is 0 Å². The highest BCUT2D eigenvalue weighted by molar-refractivity contribution is 5.79. The molecule has 1 aromatic rings. The third-order valence-electron chi connectivity index (χ3n) is 6.02. The molecule has 0 saturated carbocycles. The van der Waals surface area contributed by atoms with E-state index in [4.69, 9.17) is 4.42 Å². The number of hydrogen-bond acceptors (Lipinski definition) is 5. The molecule has 0 aliphatic carbocycles. The van der Waals surface area contributed by atoms with Gasteiger partial charge in [0.05, 0.1) is 12.3 Å². The van der Waals surface area contributed by atoms with Crippen molar-refractivity contribution in [1.29, 1.82) is 0 Å². The molecule has 1 aromatic heterocycles. The summed E-state index contributed by atoms with van der Waals surface area (Å²) in [6.45, 7) is 13.2. The van der Waals surface area contributed by atoms with E-state index in [0.29, 0.717) is 0 Å². The number of piperidine rings is 1. The van der Waals surface area contributed by atoms with E-state index < -0.39 is 0 Å². The molecule has 2 fully saturated rings. The topological polar surface area (TPSA) is 59.3 Å². The van der Waals surface area contributed by atoms with Crippen molar-refractivity contribution < 1.29 is 4.42 Å². The van der Waals surface area contributed by atoms with Crippen LogP contribution in [0.15, 0.2) is 27.8 Å². The zero-order chi connectivity index (χ0) is 19.6. The molecule has 0 radical (unpaired) electrons. The summed E-state index contributed by atoms with van der Waals surface area (Å²) in [5.74, 6) is 1.92. The molecule has 0 spiro atoms.